The number of rotatable bonds is 6. The normalized spacial score (nSPS) is 21.4. The highest BCUT2D eigenvalue weighted by atomic mass is 19.1. The van der Waals surface area contributed by atoms with Crippen LogP contribution < -0.4 is 4.74 Å². The van der Waals surface area contributed by atoms with Crippen molar-refractivity contribution in [2.75, 3.05) is 46.3 Å². The van der Waals surface area contributed by atoms with Crippen LogP contribution in [0.1, 0.15) is 24.0 Å². The zero-order valence-corrected chi connectivity index (χ0v) is 20.1. The van der Waals surface area contributed by atoms with Crippen LogP contribution in [0.5, 0.6) is 5.75 Å². The molecule has 0 aromatic heterocycles. The first kappa shape index (κ1) is 24.2. The number of benzene rings is 2. The van der Waals surface area contributed by atoms with Crippen LogP contribution in [0.4, 0.5) is 4.39 Å². The maximum Gasteiger partial charge on any atom is 0.227 e. The molecule has 0 aliphatic carbocycles. The molecular formula is C27H34FN3O3. The molecular weight excluding hydrogens is 433 g/mol. The lowest BCUT2D eigenvalue weighted by molar-refractivity contribution is -0.139. The Morgan fingerprint density at radius 3 is 2.35 bits per heavy atom. The van der Waals surface area contributed by atoms with E-state index in [-0.39, 0.29) is 29.7 Å². The summed E-state index contributed by atoms with van der Waals surface area (Å²) in [5.74, 6) is 0.339. The van der Waals surface area contributed by atoms with Crippen molar-refractivity contribution in [2.24, 2.45) is 5.92 Å². The van der Waals surface area contributed by atoms with Crippen LogP contribution in [0.25, 0.3) is 0 Å². The molecule has 0 saturated carbocycles. The number of likely N-dealkylation sites (N-methyl/N-ethyl adjacent to an activating group) is 1. The van der Waals surface area contributed by atoms with Gasteiger partial charge >= 0.3 is 0 Å². The molecule has 6 nitrogen and oxygen atoms in total. The maximum absolute atomic E-state index is 13.3. The van der Waals surface area contributed by atoms with Crippen molar-refractivity contribution < 1.29 is 18.7 Å². The van der Waals surface area contributed by atoms with E-state index in [2.05, 4.69) is 11.9 Å². The van der Waals surface area contributed by atoms with E-state index in [4.69, 9.17) is 4.74 Å². The first-order chi connectivity index (χ1) is 16.4. The van der Waals surface area contributed by atoms with Gasteiger partial charge in [-0.15, -0.1) is 0 Å². The summed E-state index contributed by atoms with van der Waals surface area (Å²) in [7, 11) is 2.06. The molecule has 34 heavy (non-hydrogen) atoms. The largest absolute Gasteiger partial charge is 0.490 e. The van der Waals surface area contributed by atoms with Crippen molar-refractivity contribution in [3.8, 4) is 5.75 Å². The Morgan fingerprint density at radius 1 is 0.941 bits per heavy atom. The Balaban J connectivity index is 1.45. The third-order valence-electron chi connectivity index (χ3n) is 7.01. The number of amides is 2. The van der Waals surface area contributed by atoms with E-state index in [9.17, 15) is 14.0 Å². The Kier molecular flexibility index (Phi) is 7.83. The van der Waals surface area contributed by atoms with Crippen molar-refractivity contribution in [1.29, 1.82) is 0 Å². The molecule has 2 atom stereocenters. The zero-order chi connectivity index (χ0) is 24.1. The molecule has 2 amide bonds. The Hall–Kier alpha value is -2.93. The summed E-state index contributed by atoms with van der Waals surface area (Å²) < 4.78 is 19.6. The van der Waals surface area contributed by atoms with Gasteiger partial charge < -0.3 is 19.4 Å². The smallest absolute Gasteiger partial charge is 0.227 e. The lowest BCUT2D eigenvalue weighted by atomic mass is 9.90. The predicted molar refractivity (Wildman–Crippen MR) is 129 cm³/mol. The van der Waals surface area contributed by atoms with Gasteiger partial charge in [0.25, 0.3) is 0 Å². The number of ether oxygens (including phenoxy) is 1. The summed E-state index contributed by atoms with van der Waals surface area (Å²) >= 11 is 0. The number of piperazine rings is 1. The maximum atomic E-state index is 13.3. The van der Waals surface area contributed by atoms with Crippen LogP contribution >= 0.6 is 0 Å². The van der Waals surface area contributed by atoms with Gasteiger partial charge in [-0.3, -0.25) is 9.59 Å². The molecule has 0 spiro atoms. The molecule has 4 rings (SSSR count). The van der Waals surface area contributed by atoms with Gasteiger partial charge in [-0.1, -0.05) is 24.3 Å². The van der Waals surface area contributed by atoms with Crippen LogP contribution in [0, 0.1) is 18.7 Å². The van der Waals surface area contributed by atoms with Crippen LogP contribution in [-0.4, -0.2) is 78.9 Å². The molecule has 7 heteroatoms. The zero-order valence-electron chi connectivity index (χ0n) is 20.1. The number of likely N-dealkylation sites (tertiary alicyclic amines) is 1. The molecule has 2 heterocycles. The second-order valence-electron chi connectivity index (χ2n) is 9.49. The van der Waals surface area contributed by atoms with Crippen LogP contribution in [0.2, 0.25) is 0 Å². The molecule has 2 aliphatic rings. The van der Waals surface area contributed by atoms with Gasteiger partial charge in [0, 0.05) is 58.0 Å². The summed E-state index contributed by atoms with van der Waals surface area (Å²) in [5, 5.41) is 0. The Labute approximate surface area is 201 Å². The number of piperidine rings is 1. The number of hydrogen-bond acceptors (Lipinski definition) is 4. The number of carbonyl (C=O) groups excluding carboxylic acids is 2. The summed E-state index contributed by atoms with van der Waals surface area (Å²) in [6, 6.07) is 13.9. The first-order valence-electron chi connectivity index (χ1n) is 12.1. The molecule has 2 aromatic carbocycles. The standard InChI is InChI=1S/C27H34FN3O3/c1-20-5-3-4-6-21(20)17-27(33)31-12-11-25(34-24-9-7-23(28)8-10-24)22(19-31)18-26(32)30-15-13-29(2)14-16-30/h3-10,22,25H,11-19H2,1-2H3/t22-,25-/m0/s1. The van der Waals surface area contributed by atoms with Crippen molar-refractivity contribution in [2.45, 2.75) is 32.3 Å². The summed E-state index contributed by atoms with van der Waals surface area (Å²) in [5.41, 5.74) is 2.13. The average Bonchev–Trinajstić information content (AvgIpc) is 2.83. The van der Waals surface area contributed by atoms with Gasteiger partial charge in [-0.25, -0.2) is 4.39 Å². The molecule has 2 saturated heterocycles. The quantitative estimate of drug-likeness (QED) is 0.655. The number of aryl methyl sites for hydroxylation is 1. The topological polar surface area (TPSA) is 53.1 Å². The van der Waals surface area contributed by atoms with Crippen molar-refractivity contribution in [3.63, 3.8) is 0 Å². The molecule has 0 N–H and O–H groups in total. The molecule has 0 bridgehead atoms. The monoisotopic (exact) mass is 467 g/mol. The van der Waals surface area contributed by atoms with E-state index in [0.29, 0.717) is 38.1 Å². The molecule has 2 aromatic rings. The third-order valence-corrected chi connectivity index (χ3v) is 7.01. The van der Waals surface area contributed by atoms with Gasteiger partial charge in [0.2, 0.25) is 11.8 Å². The number of nitrogens with zero attached hydrogens (tertiary/aromatic N) is 3. The molecule has 182 valence electrons. The van der Waals surface area contributed by atoms with Crippen molar-refractivity contribution in [1.82, 2.24) is 14.7 Å². The SMILES string of the molecule is Cc1ccccc1CC(=O)N1CC[C@H](Oc2ccc(F)cc2)[C@@H](CC(=O)N2CCN(C)CC2)C1. The minimum absolute atomic E-state index is 0.0755. The minimum atomic E-state index is -0.314. The van der Waals surface area contributed by atoms with E-state index < -0.39 is 0 Å². The lowest BCUT2D eigenvalue weighted by Gasteiger charge is -2.40. The number of carbonyl (C=O) groups is 2. The van der Waals surface area contributed by atoms with Gasteiger partial charge in [0.1, 0.15) is 17.7 Å². The van der Waals surface area contributed by atoms with Gasteiger partial charge in [-0.05, 0) is 49.4 Å². The van der Waals surface area contributed by atoms with Crippen molar-refractivity contribution in [3.05, 3.63) is 65.5 Å². The first-order valence-corrected chi connectivity index (χ1v) is 12.1. The van der Waals surface area contributed by atoms with E-state index in [1.54, 1.807) is 12.1 Å². The summed E-state index contributed by atoms with van der Waals surface area (Å²) in [6.45, 7) is 6.26. The Morgan fingerprint density at radius 2 is 1.65 bits per heavy atom. The molecule has 0 radical (unpaired) electrons. The second-order valence-corrected chi connectivity index (χ2v) is 9.49. The molecule has 2 aliphatic heterocycles. The lowest BCUT2D eigenvalue weighted by Crippen LogP contribution is -2.52. The summed E-state index contributed by atoms with van der Waals surface area (Å²) in [6.07, 6.45) is 1.13. The highest BCUT2D eigenvalue weighted by Gasteiger charge is 2.35. The van der Waals surface area contributed by atoms with Gasteiger partial charge in [0.15, 0.2) is 0 Å². The highest BCUT2D eigenvalue weighted by Crippen LogP contribution is 2.27. The van der Waals surface area contributed by atoms with Crippen LogP contribution in [-0.2, 0) is 16.0 Å². The Bertz CT molecular complexity index is 989. The fourth-order valence-corrected chi connectivity index (χ4v) is 4.77. The summed E-state index contributed by atoms with van der Waals surface area (Å²) in [4.78, 5) is 32.3. The highest BCUT2D eigenvalue weighted by molar-refractivity contribution is 5.80. The van der Waals surface area contributed by atoms with Crippen LogP contribution in [0.15, 0.2) is 48.5 Å². The van der Waals surface area contributed by atoms with Gasteiger partial charge in [-0.2, -0.15) is 0 Å². The minimum Gasteiger partial charge on any atom is -0.490 e. The fourth-order valence-electron chi connectivity index (χ4n) is 4.77. The predicted octanol–water partition coefficient (Wildman–Crippen LogP) is 3.14. The van der Waals surface area contributed by atoms with E-state index in [1.807, 2.05) is 41.0 Å². The van der Waals surface area contributed by atoms with E-state index in [1.165, 1.54) is 12.1 Å². The second kappa shape index (κ2) is 11.0. The van der Waals surface area contributed by atoms with E-state index in [0.717, 1.165) is 37.3 Å². The average molecular weight is 468 g/mol. The fraction of sp³-hybridized carbons (Fsp3) is 0.481. The number of halogens is 1. The molecule has 0 unspecified atom stereocenters. The van der Waals surface area contributed by atoms with Crippen molar-refractivity contribution >= 4 is 11.8 Å². The van der Waals surface area contributed by atoms with Crippen LogP contribution in [0.3, 0.4) is 0 Å². The molecule has 2 fully saturated rings. The van der Waals surface area contributed by atoms with E-state index >= 15 is 0 Å². The van der Waals surface area contributed by atoms with Gasteiger partial charge in [0.05, 0.1) is 6.42 Å². The third kappa shape index (κ3) is 6.14. The number of hydrogen-bond donors (Lipinski definition) is 0.